The van der Waals surface area contributed by atoms with Crippen LogP contribution in [0.2, 0.25) is 0 Å². The van der Waals surface area contributed by atoms with Gasteiger partial charge in [0.05, 0.1) is 6.54 Å². The van der Waals surface area contributed by atoms with Crippen molar-refractivity contribution in [3.8, 4) is 6.07 Å². The van der Waals surface area contributed by atoms with E-state index in [1.807, 2.05) is 6.07 Å². The van der Waals surface area contributed by atoms with Gasteiger partial charge >= 0.3 is 0 Å². The number of hydrogen-bond donors (Lipinski definition) is 1. The summed E-state index contributed by atoms with van der Waals surface area (Å²) in [6, 6.07) is 5.02. The normalized spacial score (nSPS) is 9.23. The Bertz CT molecular complexity index is 340. The maximum Gasteiger partial charge on any atom is 0.235 e. The molecule has 0 aliphatic carbocycles. The number of nitriles is 1. The maximum absolute atomic E-state index is 10.7. The van der Waals surface area contributed by atoms with E-state index in [4.69, 9.17) is 21.3 Å². The van der Waals surface area contributed by atoms with Gasteiger partial charge in [-0.1, -0.05) is 0 Å². The molecule has 68 valence electrons. The molecule has 1 aromatic heterocycles. The van der Waals surface area contributed by atoms with Crippen molar-refractivity contribution >= 4 is 17.5 Å². The molecule has 1 rings (SSSR count). The van der Waals surface area contributed by atoms with Crippen LogP contribution in [-0.2, 0) is 11.3 Å². The summed E-state index contributed by atoms with van der Waals surface area (Å²) in [5, 5.41) is 10.9. The highest BCUT2D eigenvalue weighted by atomic mass is 35.5. The van der Waals surface area contributed by atoms with Crippen molar-refractivity contribution in [1.29, 1.82) is 5.26 Å². The topological polar surface area (TPSA) is 66.0 Å². The van der Waals surface area contributed by atoms with Crippen LogP contribution in [-0.4, -0.2) is 11.8 Å². The first-order chi connectivity index (χ1) is 6.26. The molecule has 0 spiro atoms. The third-order valence-corrected chi connectivity index (χ3v) is 1.60. The Morgan fingerprint density at radius 1 is 1.69 bits per heavy atom. The largest absolute Gasteiger partial charge is 0.449 e. The Morgan fingerprint density at radius 2 is 2.46 bits per heavy atom. The minimum Gasteiger partial charge on any atom is -0.449 e. The summed E-state index contributed by atoms with van der Waals surface area (Å²) < 4.78 is 5.01. The van der Waals surface area contributed by atoms with E-state index < -0.39 is 0 Å². The highest BCUT2D eigenvalue weighted by molar-refractivity contribution is 6.27. The van der Waals surface area contributed by atoms with E-state index in [1.54, 1.807) is 12.1 Å². The average Bonchev–Trinajstić information content (AvgIpc) is 2.61. The molecule has 5 heteroatoms. The van der Waals surface area contributed by atoms with Gasteiger partial charge in [0.25, 0.3) is 0 Å². The maximum atomic E-state index is 10.7. The number of nitrogens with one attached hydrogen (secondary N) is 1. The van der Waals surface area contributed by atoms with E-state index in [9.17, 15) is 4.79 Å². The van der Waals surface area contributed by atoms with Gasteiger partial charge < -0.3 is 9.73 Å². The first-order valence-corrected chi connectivity index (χ1v) is 4.11. The van der Waals surface area contributed by atoms with Crippen LogP contribution < -0.4 is 5.32 Å². The van der Waals surface area contributed by atoms with E-state index >= 15 is 0 Å². The van der Waals surface area contributed by atoms with E-state index in [0.717, 1.165) is 0 Å². The molecule has 0 atom stereocenters. The number of hydrogen-bond acceptors (Lipinski definition) is 3. The summed E-state index contributed by atoms with van der Waals surface area (Å²) in [6.07, 6.45) is 0. The lowest BCUT2D eigenvalue weighted by Crippen LogP contribution is -2.23. The molecule has 0 bridgehead atoms. The molecule has 4 nitrogen and oxygen atoms in total. The number of rotatable bonds is 3. The van der Waals surface area contributed by atoms with Crippen LogP contribution in [0.25, 0.3) is 0 Å². The molecule has 0 aromatic carbocycles. The van der Waals surface area contributed by atoms with Crippen molar-refractivity contribution in [2.45, 2.75) is 6.54 Å². The van der Waals surface area contributed by atoms with Gasteiger partial charge in [-0.05, 0) is 12.1 Å². The van der Waals surface area contributed by atoms with Crippen LogP contribution in [0, 0.1) is 11.3 Å². The van der Waals surface area contributed by atoms with Crippen molar-refractivity contribution < 1.29 is 9.21 Å². The van der Waals surface area contributed by atoms with Gasteiger partial charge in [-0.3, -0.25) is 4.79 Å². The Balaban J connectivity index is 2.46. The minimum absolute atomic E-state index is 0.0776. The fourth-order valence-electron chi connectivity index (χ4n) is 0.766. The predicted molar refractivity (Wildman–Crippen MR) is 46.0 cm³/mol. The second-order valence-corrected chi connectivity index (χ2v) is 2.56. The highest BCUT2D eigenvalue weighted by Crippen LogP contribution is 2.05. The van der Waals surface area contributed by atoms with E-state index in [1.165, 1.54) is 0 Å². The second kappa shape index (κ2) is 4.53. The van der Waals surface area contributed by atoms with Gasteiger partial charge in [0.15, 0.2) is 0 Å². The number of halogens is 1. The fraction of sp³-hybridized carbons (Fsp3) is 0.250. The molecule has 13 heavy (non-hydrogen) atoms. The number of amides is 1. The molecule has 0 aliphatic rings. The predicted octanol–water partition coefficient (Wildman–Crippen LogP) is 1.01. The van der Waals surface area contributed by atoms with Gasteiger partial charge in [-0.25, -0.2) is 0 Å². The molecular weight excluding hydrogens is 192 g/mol. The molecule has 0 saturated heterocycles. The molecule has 1 amide bonds. The first-order valence-electron chi connectivity index (χ1n) is 3.57. The SMILES string of the molecule is N#Cc1ccc(CNC(=O)CCl)o1. The number of nitrogens with zero attached hydrogens (tertiary/aromatic N) is 1. The summed E-state index contributed by atoms with van der Waals surface area (Å²) in [5.41, 5.74) is 0. The molecule has 0 radical (unpaired) electrons. The molecule has 0 unspecified atom stereocenters. The van der Waals surface area contributed by atoms with Gasteiger partial charge in [-0.2, -0.15) is 5.26 Å². The second-order valence-electron chi connectivity index (χ2n) is 2.29. The summed E-state index contributed by atoms with van der Waals surface area (Å²) >= 11 is 5.26. The minimum atomic E-state index is -0.267. The molecule has 1 aromatic rings. The number of carbonyl (C=O) groups is 1. The Kier molecular flexibility index (Phi) is 3.35. The lowest BCUT2D eigenvalue weighted by Gasteiger charge is -1.97. The summed E-state index contributed by atoms with van der Waals surface area (Å²) in [6.45, 7) is 0.257. The fourth-order valence-corrected chi connectivity index (χ4v) is 0.860. The Morgan fingerprint density at radius 3 is 3.00 bits per heavy atom. The van der Waals surface area contributed by atoms with Crippen molar-refractivity contribution in [2.75, 3.05) is 5.88 Å². The number of alkyl halides is 1. The third-order valence-electron chi connectivity index (χ3n) is 1.35. The molecule has 0 saturated carbocycles. The lowest BCUT2D eigenvalue weighted by molar-refractivity contribution is -0.118. The van der Waals surface area contributed by atoms with Crippen molar-refractivity contribution in [3.05, 3.63) is 23.7 Å². The highest BCUT2D eigenvalue weighted by Gasteiger charge is 2.02. The third kappa shape index (κ3) is 2.80. The van der Waals surface area contributed by atoms with Crippen LogP contribution in [0.3, 0.4) is 0 Å². The van der Waals surface area contributed by atoms with Gasteiger partial charge in [0.1, 0.15) is 17.7 Å². The first kappa shape index (κ1) is 9.62. The average molecular weight is 199 g/mol. The number of furan rings is 1. The Hall–Kier alpha value is -1.47. The number of carbonyl (C=O) groups excluding carboxylic acids is 1. The van der Waals surface area contributed by atoms with Crippen LogP contribution >= 0.6 is 11.6 Å². The zero-order valence-corrected chi connectivity index (χ0v) is 7.47. The summed E-state index contributed by atoms with van der Waals surface area (Å²) in [4.78, 5) is 10.7. The molecule has 0 aliphatic heterocycles. The zero-order valence-electron chi connectivity index (χ0n) is 6.71. The molecule has 1 heterocycles. The zero-order chi connectivity index (χ0) is 9.68. The summed E-state index contributed by atoms with van der Waals surface area (Å²) in [7, 11) is 0. The van der Waals surface area contributed by atoms with Crippen LogP contribution in [0.4, 0.5) is 0 Å². The van der Waals surface area contributed by atoms with Gasteiger partial charge in [0, 0.05) is 0 Å². The van der Waals surface area contributed by atoms with Crippen molar-refractivity contribution in [2.24, 2.45) is 0 Å². The van der Waals surface area contributed by atoms with Crippen molar-refractivity contribution in [3.63, 3.8) is 0 Å². The quantitative estimate of drug-likeness (QED) is 0.737. The van der Waals surface area contributed by atoms with E-state index in [2.05, 4.69) is 5.32 Å². The smallest absolute Gasteiger partial charge is 0.235 e. The van der Waals surface area contributed by atoms with Crippen molar-refractivity contribution in [1.82, 2.24) is 5.32 Å². The standard InChI is InChI=1S/C8H7ClN2O2/c9-3-8(12)11-5-7-2-1-6(4-10)13-7/h1-2H,3,5H2,(H,11,12). The molecular formula is C8H7ClN2O2. The van der Waals surface area contributed by atoms with Gasteiger partial charge in [-0.15, -0.1) is 11.6 Å². The van der Waals surface area contributed by atoms with E-state index in [-0.39, 0.29) is 24.1 Å². The molecule has 0 fully saturated rings. The van der Waals surface area contributed by atoms with E-state index in [0.29, 0.717) is 5.76 Å². The molecule has 1 N–H and O–H groups in total. The monoisotopic (exact) mass is 198 g/mol. The van der Waals surface area contributed by atoms with Gasteiger partial charge in [0.2, 0.25) is 11.7 Å². The Labute approximate surface area is 80.1 Å². The van der Waals surface area contributed by atoms with Crippen LogP contribution in [0.1, 0.15) is 11.5 Å². The van der Waals surface area contributed by atoms with Crippen LogP contribution in [0.5, 0.6) is 0 Å². The lowest BCUT2D eigenvalue weighted by atomic mass is 10.4. The van der Waals surface area contributed by atoms with Crippen LogP contribution in [0.15, 0.2) is 16.5 Å². The summed E-state index contributed by atoms with van der Waals surface area (Å²) in [5.74, 6) is 0.424.